The summed E-state index contributed by atoms with van der Waals surface area (Å²) in [4.78, 5) is 50.1. The van der Waals surface area contributed by atoms with Crippen LogP contribution in [-0.2, 0) is 9.53 Å². The molecule has 10 nitrogen and oxygen atoms in total. The van der Waals surface area contributed by atoms with Crippen LogP contribution in [0.3, 0.4) is 0 Å². The van der Waals surface area contributed by atoms with Crippen LogP contribution in [-0.4, -0.2) is 45.2 Å². The lowest BCUT2D eigenvalue weighted by Gasteiger charge is -2.08. The van der Waals surface area contributed by atoms with E-state index in [-0.39, 0.29) is 17.3 Å². The predicted molar refractivity (Wildman–Crippen MR) is 115 cm³/mol. The van der Waals surface area contributed by atoms with Crippen LogP contribution in [0.5, 0.6) is 0 Å². The average Bonchev–Trinajstić information content (AvgIpc) is 3.14. The van der Waals surface area contributed by atoms with E-state index in [0.29, 0.717) is 22.2 Å². The van der Waals surface area contributed by atoms with Crippen molar-refractivity contribution in [3.05, 3.63) is 57.6 Å². The van der Waals surface area contributed by atoms with Gasteiger partial charge in [0, 0.05) is 17.8 Å². The molecule has 2 aromatic carbocycles. The van der Waals surface area contributed by atoms with Gasteiger partial charge in [0.05, 0.1) is 38.6 Å². The molecule has 0 radical (unpaired) electrons. The van der Waals surface area contributed by atoms with Crippen LogP contribution in [0.15, 0.2) is 40.7 Å². The minimum atomic E-state index is -1.45. The van der Waals surface area contributed by atoms with Gasteiger partial charge < -0.3 is 15.2 Å². The number of carbonyl (C=O) groups excluding carboxylic acids is 2. The summed E-state index contributed by atoms with van der Waals surface area (Å²) in [5.74, 6) is -2.37. The third-order valence-electron chi connectivity index (χ3n) is 3.93. The number of aromatic carboxylic acids is 1. The molecule has 0 saturated carbocycles. The number of fused-ring (bicyclic) bond motifs is 1. The van der Waals surface area contributed by atoms with E-state index in [9.17, 15) is 29.6 Å². The molecular formula is C19H15N3O7S2. The number of thiazole rings is 1. The van der Waals surface area contributed by atoms with Crippen molar-refractivity contribution in [1.82, 2.24) is 4.98 Å². The second-order valence-electron chi connectivity index (χ2n) is 6.00. The van der Waals surface area contributed by atoms with Crippen LogP contribution < -0.4 is 5.32 Å². The third kappa shape index (κ3) is 5.35. The number of ether oxygens (including phenoxy) is 1. The molecule has 0 unspecified atom stereocenters. The number of nitro groups is 1. The van der Waals surface area contributed by atoms with Gasteiger partial charge in [0.25, 0.3) is 11.6 Å². The van der Waals surface area contributed by atoms with Crippen molar-refractivity contribution in [2.75, 3.05) is 17.7 Å². The highest BCUT2D eigenvalue weighted by Gasteiger charge is 2.21. The number of thioether (sulfide) groups is 1. The zero-order valence-corrected chi connectivity index (χ0v) is 17.6. The standard InChI is InChI=1S/C19H15N3O7S2/c1-2-29-16(23)9-30-19-21-14-6-3-10(7-15(14)31-19)20-17(24)12-5-4-11(22(27)28)8-13(12)18(25)26/h3-8H,2,9H2,1H3,(H,20,24)(H,25,26). The van der Waals surface area contributed by atoms with E-state index in [1.54, 1.807) is 25.1 Å². The van der Waals surface area contributed by atoms with E-state index >= 15 is 0 Å². The second kappa shape index (κ2) is 9.53. The van der Waals surface area contributed by atoms with Gasteiger partial charge in [0.15, 0.2) is 4.34 Å². The first-order valence-corrected chi connectivity index (χ1v) is 10.6. The second-order valence-corrected chi connectivity index (χ2v) is 8.26. The topological polar surface area (TPSA) is 149 Å². The summed E-state index contributed by atoms with van der Waals surface area (Å²) in [5.41, 5.74) is -0.0158. The third-order valence-corrected chi connectivity index (χ3v) is 6.07. The van der Waals surface area contributed by atoms with Gasteiger partial charge in [-0.15, -0.1) is 11.3 Å². The molecule has 12 heteroatoms. The number of carboxylic acids is 1. The largest absolute Gasteiger partial charge is 0.478 e. The van der Waals surface area contributed by atoms with Gasteiger partial charge in [0.2, 0.25) is 0 Å². The quantitative estimate of drug-likeness (QED) is 0.221. The number of nitrogens with one attached hydrogen (secondary N) is 1. The molecule has 0 aliphatic carbocycles. The van der Waals surface area contributed by atoms with Gasteiger partial charge >= 0.3 is 11.9 Å². The molecule has 2 N–H and O–H groups in total. The van der Waals surface area contributed by atoms with Gasteiger partial charge in [-0.3, -0.25) is 19.7 Å². The Balaban J connectivity index is 1.78. The molecule has 0 saturated heterocycles. The van der Waals surface area contributed by atoms with Crippen LogP contribution in [0.2, 0.25) is 0 Å². The van der Waals surface area contributed by atoms with E-state index in [2.05, 4.69) is 10.3 Å². The molecule has 1 heterocycles. The van der Waals surface area contributed by atoms with E-state index in [1.165, 1.54) is 23.1 Å². The lowest BCUT2D eigenvalue weighted by atomic mass is 10.1. The van der Waals surface area contributed by atoms with E-state index in [0.717, 1.165) is 22.9 Å². The van der Waals surface area contributed by atoms with Crippen LogP contribution in [0.4, 0.5) is 11.4 Å². The average molecular weight is 461 g/mol. The van der Waals surface area contributed by atoms with Gasteiger partial charge in [-0.1, -0.05) is 11.8 Å². The molecule has 0 aliphatic heterocycles. The van der Waals surface area contributed by atoms with Gasteiger partial charge in [-0.2, -0.15) is 0 Å². The van der Waals surface area contributed by atoms with Crippen molar-refractivity contribution in [2.45, 2.75) is 11.3 Å². The van der Waals surface area contributed by atoms with Crippen molar-refractivity contribution < 1.29 is 29.2 Å². The monoisotopic (exact) mass is 461 g/mol. The first-order chi connectivity index (χ1) is 14.8. The first kappa shape index (κ1) is 22.2. The van der Waals surface area contributed by atoms with Crippen LogP contribution in [0.25, 0.3) is 10.2 Å². The number of carbonyl (C=O) groups is 3. The van der Waals surface area contributed by atoms with Gasteiger partial charge in [0.1, 0.15) is 0 Å². The Labute approximate surface area is 183 Å². The molecule has 0 spiro atoms. The molecule has 1 amide bonds. The Morgan fingerprint density at radius 1 is 1.23 bits per heavy atom. The SMILES string of the molecule is CCOC(=O)CSc1nc2ccc(NC(=O)c3ccc([N+](=O)[O-])cc3C(=O)O)cc2s1. The number of anilines is 1. The fourth-order valence-corrected chi connectivity index (χ4v) is 4.49. The molecule has 3 rings (SSSR count). The number of benzene rings is 2. The normalized spacial score (nSPS) is 10.6. The highest BCUT2D eigenvalue weighted by atomic mass is 32.2. The van der Waals surface area contributed by atoms with E-state index in [4.69, 9.17) is 4.74 Å². The van der Waals surface area contributed by atoms with E-state index in [1.807, 2.05) is 0 Å². The fraction of sp³-hybridized carbons (Fsp3) is 0.158. The number of hydrogen-bond acceptors (Lipinski definition) is 9. The number of nitro benzene ring substituents is 1. The lowest BCUT2D eigenvalue weighted by Crippen LogP contribution is -2.16. The molecule has 3 aromatic rings. The molecule has 0 fully saturated rings. The number of non-ortho nitro benzene ring substituents is 1. The number of amides is 1. The summed E-state index contributed by atoms with van der Waals surface area (Å²) >= 11 is 2.58. The maximum atomic E-state index is 12.6. The number of aromatic nitrogens is 1. The molecule has 0 atom stereocenters. The van der Waals surface area contributed by atoms with Gasteiger partial charge in [-0.25, -0.2) is 9.78 Å². The van der Waals surface area contributed by atoms with Crippen LogP contribution in [0.1, 0.15) is 27.6 Å². The minimum Gasteiger partial charge on any atom is -0.478 e. The lowest BCUT2D eigenvalue weighted by molar-refractivity contribution is -0.384. The van der Waals surface area contributed by atoms with Crippen molar-refractivity contribution in [3.63, 3.8) is 0 Å². The number of carboxylic acid groups (broad SMARTS) is 1. The summed E-state index contributed by atoms with van der Waals surface area (Å²) < 4.78 is 6.30. The Bertz CT molecular complexity index is 1190. The molecule has 1 aromatic heterocycles. The molecule has 0 bridgehead atoms. The van der Waals surface area contributed by atoms with Crippen molar-refractivity contribution >= 4 is 62.5 Å². The Morgan fingerprint density at radius 2 is 2.00 bits per heavy atom. The zero-order chi connectivity index (χ0) is 22.5. The zero-order valence-electron chi connectivity index (χ0n) is 16.0. The molecule has 160 valence electrons. The number of rotatable bonds is 8. The molecular weight excluding hydrogens is 446 g/mol. The summed E-state index contributed by atoms with van der Waals surface area (Å²) in [7, 11) is 0. The summed E-state index contributed by atoms with van der Waals surface area (Å²) in [6, 6.07) is 7.98. The van der Waals surface area contributed by atoms with Crippen molar-refractivity contribution in [1.29, 1.82) is 0 Å². The molecule has 31 heavy (non-hydrogen) atoms. The Morgan fingerprint density at radius 3 is 2.68 bits per heavy atom. The Kier molecular flexibility index (Phi) is 6.82. The molecule has 0 aliphatic rings. The van der Waals surface area contributed by atoms with Crippen molar-refractivity contribution in [3.8, 4) is 0 Å². The highest BCUT2D eigenvalue weighted by molar-refractivity contribution is 8.01. The summed E-state index contributed by atoms with van der Waals surface area (Å²) in [6.07, 6.45) is 0. The summed E-state index contributed by atoms with van der Waals surface area (Å²) in [5, 5.41) is 22.8. The Hall–Kier alpha value is -3.51. The first-order valence-electron chi connectivity index (χ1n) is 8.80. The van der Waals surface area contributed by atoms with Crippen molar-refractivity contribution in [2.24, 2.45) is 0 Å². The number of esters is 1. The summed E-state index contributed by atoms with van der Waals surface area (Å²) in [6.45, 7) is 2.03. The van der Waals surface area contributed by atoms with Crippen LogP contribution >= 0.6 is 23.1 Å². The fourth-order valence-electron chi connectivity index (χ4n) is 2.59. The van der Waals surface area contributed by atoms with Crippen LogP contribution in [0, 0.1) is 10.1 Å². The predicted octanol–water partition coefficient (Wildman–Crippen LogP) is 3.81. The number of nitrogens with zero attached hydrogens (tertiary/aromatic N) is 2. The number of hydrogen-bond donors (Lipinski definition) is 2. The smallest absolute Gasteiger partial charge is 0.336 e. The minimum absolute atomic E-state index is 0.134. The maximum absolute atomic E-state index is 12.6. The van der Waals surface area contributed by atoms with Gasteiger partial charge in [-0.05, 0) is 31.2 Å². The highest BCUT2D eigenvalue weighted by Crippen LogP contribution is 2.31. The van der Waals surface area contributed by atoms with E-state index < -0.39 is 28.1 Å². The maximum Gasteiger partial charge on any atom is 0.336 e.